The van der Waals surface area contributed by atoms with Gasteiger partial charge in [0, 0.05) is 23.9 Å². The molecule has 0 aliphatic heterocycles. The first-order valence-electron chi connectivity index (χ1n) is 6.30. The second-order valence-corrected chi connectivity index (χ2v) is 5.06. The van der Waals surface area contributed by atoms with Gasteiger partial charge in [0.15, 0.2) is 0 Å². The van der Waals surface area contributed by atoms with Gasteiger partial charge in [-0.1, -0.05) is 11.6 Å². The van der Waals surface area contributed by atoms with Crippen LogP contribution in [0.2, 0.25) is 0 Å². The Morgan fingerprint density at radius 2 is 2.28 bits per heavy atom. The summed E-state index contributed by atoms with van der Waals surface area (Å²) in [5.41, 5.74) is 3.90. The van der Waals surface area contributed by atoms with Crippen LogP contribution in [0.25, 0.3) is 11.1 Å². The largest absolute Gasteiger partial charge is 0.272 e. The van der Waals surface area contributed by atoms with Gasteiger partial charge >= 0.3 is 0 Å². The molecule has 0 amide bonds. The van der Waals surface area contributed by atoms with Crippen molar-refractivity contribution in [2.75, 3.05) is 0 Å². The molecule has 0 spiro atoms. The summed E-state index contributed by atoms with van der Waals surface area (Å²) < 4.78 is 2.00. The van der Waals surface area contributed by atoms with Gasteiger partial charge in [0.25, 0.3) is 0 Å². The van der Waals surface area contributed by atoms with Crippen LogP contribution in [-0.4, -0.2) is 9.78 Å². The lowest BCUT2D eigenvalue weighted by molar-refractivity contribution is 0.563. The molecule has 0 bridgehead atoms. The monoisotopic (exact) mass is 237 g/mol. The summed E-state index contributed by atoms with van der Waals surface area (Å²) in [5.74, 6) is 0.811. The zero-order chi connectivity index (χ0) is 12.5. The summed E-state index contributed by atoms with van der Waals surface area (Å²) in [6, 6.07) is 8.15. The van der Waals surface area contributed by atoms with Crippen LogP contribution in [0.1, 0.15) is 24.0 Å². The predicted octanol–water partition coefficient (Wildman–Crippen LogP) is 3.14. The van der Waals surface area contributed by atoms with Gasteiger partial charge in [0.1, 0.15) is 0 Å². The first-order chi connectivity index (χ1) is 8.76. The Hall–Kier alpha value is -2.08. The fourth-order valence-electron chi connectivity index (χ4n) is 2.16. The molecular weight excluding hydrogens is 222 g/mol. The van der Waals surface area contributed by atoms with E-state index in [1.807, 2.05) is 36.1 Å². The summed E-state index contributed by atoms with van der Waals surface area (Å²) >= 11 is 0. The normalized spacial score (nSPS) is 14.4. The number of nitriles is 1. The SMILES string of the molecule is Cc1ccc(C#N)c(-c2cnn(CC3CC3)c2)c1. The van der Waals surface area contributed by atoms with Crippen molar-refractivity contribution < 1.29 is 0 Å². The maximum Gasteiger partial charge on any atom is 0.0998 e. The third kappa shape index (κ3) is 2.14. The molecule has 1 aromatic heterocycles. The summed E-state index contributed by atoms with van der Waals surface area (Å²) in [7, 11) is 0. The second-order valence-electron chi connectivity index (χ2n) is 5.06. The molecule has 3 heteroatoms. The van der Waals surface area contributed by atoms with Gasteiger partial charge in [-0.05, 0) is 37.8 Å². The lowest BCUT2D eigenvalue weighted by Gasteiger charge is -2.02. The Morgan fingerprint density at radius 3 is 3.00 bits per heavy atom. The quantitative estimate of drug-likeness (QED) is 0.823. The summed E-state index contributed by atoms with van der Waals surface area (Å²) in [5, 5.41) is 13.5. The molecule has 3 rings (SSSR count). The number of rotatable bonds is 3. The maximum absolute atomic E-state index is 9.16. The number of benzene rings is 1. The molecule has 90 valence electrons. The van der Waals surface area contributed by atoms with E-state index >= 15 is 0 Å². The molecule has 1 fully saturated rings. The first kappa shape index (κ1) is 11.0. The van der Waals surface area contributed by atoms with E-state index in [1.165, 1.54) is 18.4 Å². The molecule has 0 N–H and O–H groups in total. The fourth-order valence-corrected chi connectivity index (χ4v) is 2.16. The smallest absolute Gasteiger partial charge is 0.0998 e. The van der Waals surface area contributed by atoms with Crippen molar-refractivity contribution in [1.29, 1.82) is 5.26 Å². The van der Waals surface area contributed by atoms with Gasteiger partial charge in [-0.2, -0.15) is 10.4 Å². The minimum absolute atomic E-state index is 0.714. The van der Waals surface area contributed by atoms with Crippen LogP contribution in [0.15, 0.2) is 30.6 Å². The van der Waals surface area contributed by atoms with Gasteiger partial charge < -0.3 is 0 Å². The van der Waals surface area contributed by atoms with Gasteiger partial charge in [-0.15, -0.1) is 0 Å². The Labute approximate surface area is 107 Å². The van der Waals surface area contributed by atoms with E-state index in [0.717, 1.165) is 23.6 Å². The highest BCUT2D eigenvalue weighted by atomic mass is 15.3. The first-order valence-corrected chi connectivity index (χ1v) is 6.30. The van der Waals surface area contributed by atoms with E-state index in [4.69, 9.17) is 5.26 Å². The van der Waals surface area contributed by atoms with Crippen LogP contribution >= 0.6 is 0 Å². The lowest BCUT2D eigenvalue weighted by Crippen LogP contribution is -1.99. The molecule has 3 nitrogen and oxygen atoms in total. The highest BCUT2D eigenvalue weighted by Crippen LogP contribution is 2.31. The molecule has 1 aliphatic carbocycles. The van der Waals surface area contributed by atoms with E-state index in [9.17, 15) is 0 Å². The number of nitrogens with zero attached hydrogens (tertiary/aromatic N) is 3. The Morgan fingerprint density at radius 1 is 1.44 bits per heavy atom. The molecule has 2 aromatic rings. The highest BCUT2D eigenvalue weighted by Gasteiger charge is 2.22. The lowest BCUT2D eigenvalue weighted by atomic mass is 10.0. The van der Waals surface area contributed by atoms with Crippen molar-refractivity contribution in [2.24, 2.45) is 5.92 Å². The van der Waals surface area contributed by atoms with Crippen molar-refractivity contribution >= 4 is 0 Å². The summed E-state index contributed by atoms with van der Waals surface area (Å²) in [6.07, 6.45) is 6.55. The topological polar surface area (TPSA) is 41.6 Å². The van der Waals surface area contributed by atoms with Crippen LogP contribution in [0, 0.1) is 24.2 Å². The zero-order valence-electron chi connectivity index (χ0n) is 10.4. The third-order valence-corrected chi connectivity index (χ3v) is 3.38. The van der Waals surface area contributed by atoms with E-state index in [-0.39, 0.29) is 0 Å². The van der Waals surface area contributed by atoms with Crippen molar-refractivity contribution in [3.8, 4) is 17.2 Å². The molecule has 0 atom stereocenters. The Bertz CT molecular complexity index is 615. The Kier molecular flexibility index (Phi) is 2.64. The zero-order valence-corrected chi connectivity index (χ0v) is 10.4. The van der Waals surface area contributed by atoms with Crippen molar-refractivity contribution in [3.63, 3.8) is 0 Å². The van der Waals surface area contributed by atoms with E-state index < -0.39 is 0 Å². The summed E-state index contributed by atoms with van der Waals surface area (Å²) in [6.45, 7) is 3.05. The number of hydrogen-bond donors (Lipinski definition) is 0. The third-order valence-electron chi connectivity index (χ3n) is 3.38. The number of aromatic nitrogens is 2. The van der Waals surface area contributed by atoms with Crippen LogP contribution < -0.4 is 0 Å². The van der Waals surface area contributed by atoms with Crippen molar-refractivity contribution in [2.45, 2.75) is 26.3 Å². The Balaban J connectivity index is 1.95. The van der Waals surface area contributed by atoms with Crippen LogP contribution in [-0.2, 0) is 6.54 Å². The molecular formula is C15H15N3. The number of hydrogen-bond acceptors (Lipinski definition) is 2. The molecule has 18 heavy (non-hydrogen) atoms. The molecule has 0 radical (unpaired) electrons. The van der Waals surface area contributed by atoms with Crippen LogP contribution in [0.5, 0.6) is 0 Å². The summed E-state index contributed by atoms with van der Waals surface area (Å²) in [4.78, 5) is 0. The van der Waals surface area contributed by atoms with E-state index in [0.29, 0.717) is 5.56 Å². The maximum atomic E-state index is 9.16. The van der Waals surface area contributed by atoms with Gasteiger partial charge in [-0.3, -0.25) is 4.68 Å². The fraction of sp³-hybridized carbons (Fsp3) is 0.333. The van der Waals surface area contributed by atoms with Crippen molar-refractivity contribution in [1.82, 2.24) is 9.78 Å². The van der Waals surface area contributed by atoms with E-state index in [1.54, 1.807) is 0 Å². The van der Waals surface area contributed by atoms with Gasteiger partial charge in [-0.25, -0.2) is 0 Å². The van der Waals surface area contributed by atoms with Crippen LogP contribution in [0.4, 0.5) is 0 Å². The molecule has 0 unspecified atom stereocenters. The minimum Gasteiger partial charge on any atom is -0.272 e. The van der Waals surface area contributed by atoms with Gasteiger partial charge in [0.05, 0.1) is 17.8 Å². The number of aryl methyl sites for hydroxylation is 1. The molecule has 1 saturated carbocycles. The highest BCUT2D eigenvalue weighted by molar-refractivity contribution is 5.70. The van der Waals surface area contributed by atoms with Crippen LogP contribution in [0.3, 0.4) is 0 Å². The average Bonchev–Trinajstić information content (AvgIpc) is 3.05. The second kappa shape index (κ2) is 4.30. The molecule has 1 aliphatic rings. The minimum atomic E-state index is 0.714. The molecule has 0 saturated heterocycles. The predicted molar refractivity (Wildman–Crippen MR) is 69.8 cm³/mol. The molecule has 1 heterocycles. The molecule has 1 aromatic carbocycles. The average molecular weight is 237 g/mol. The van der Waals surface area contributed by atoms with Gasteiger partial charge in [0.2, 0.25) is 0 Å². The van der Waals surface area contributed by atoms with E-state index in [2.05, 4.69) is 17.2 Å². The van der Waals surface area contributed by atoms with Crippen molar-refractivity contribution in [3.05, 3.63) is 41.7 Å². The standard InChI is InChI=1S/C15H15N3/c1-11-2-5-13(7-16)15(6-11)14-8-17-18(10-14)9-12-3-4-12/h2,5-6,8,10,12H,3-4,9H2,1H3.